The van der Waals surface area contributed by atoms with Crippen LogP contribution < -0.4 is 19.5 Å². The molecule has 0 aliphatic heterocycles. The molecule has 31 heavy (non-hydrogen) atoms. The van der Waals surface area contributed by atoms with Gasteiger partial charge in [-0.3, -0.25) is 4.79 Å². The van der Waals surface area contributed by atoms with Crippen molar-refractivity contribution in [2.24, 2.45) is 0 Å². The summed E-state index contributed by atoms with van der Waals surface area (Å²) >= 11 is 0. The molecule has 0 saturated carbocycles. The number of amides is 1. The molecule has 3 rings (SSSR count). The summed E-state index contributed by atoms with van der Waals surface area (Å²) in [5, 5.41) is 2.94. The van der Waals surface area contributed by atoms with Gasteiger partial charge in [0.2, 0.25) is 0 Å². The van der Waals surface area contributed by atoms with Gasteiger partial charge in [0.25, 0.3) is 5.91 Å². The van der Waals surface area contributed by atoms with Crippen LogP contribution in [0.2, 0.25) is 0 Å². The molecule has 0 saturated heterocycles. The monoisotopic (exact) mass is 423 g/mol. The first-order chi connectivity index (χ1) is 15.0. The molecule has 6 heteroatoms. The molecule has 0 aromatic heterocycles. The molecule has 3 aromatic carbocycles. The van der Waals surface area contributed by atoms with Gasteiger partial charge in [-0.2, -0.15) is 0 Å². The van der Waals surface area contributed by atoms with E-state index in [0.717, 1.165) is 16.9 Å². The van der Waals surface area contributed by atoms with Crippen LogP contribution in [0.1, 0.15) is 41.4 Å². The summed E-state index contributed by atoms with van der Waals surface area (Å²) in [7, 11) is 1.61. The number of methoxy groups -OCH3 is 1. The van der Waals surface area contributed by atoms with Crippen molar-refractivity contribution < 1.29 is 23.4 Å². The number of ether oxygens (including phenoxy) is 3. The number of carbonyl (C=O) groups excluding carboxylic acids is 1. The Hall–Kier alpha value is -3.54. The highest BCUT2D eigenvalue weighted by Gasteiger charge is 2.15. The van der Waals surface area contributed by atoms with Crippen LogP contribution in [-0.2, 0) is 6.61 Å². The highest BCUT2D eigenvalue weighted by atomic mass is 19.1. The largest absolute Gasteiger partial charge is 0.497 e. The first kappa shape index (κ1) is 22.2. The topological polar surface area (TPSA) is 56.8 Å². The molecule has 0 heterocycles. The Bertz CT molecular complexity index is 1000. The third-order valence-corrected chi connectivity index (χ3v) is 4.79. The lowest BCUT2D eigenvalue weighted by Crippen LogP contribution is -2.26. The quantitative estimate of drug-likeness (QED) is 0.507. The molecule has 5 nitrogen and oxygen atoms in total. The van der Waals surface area contributed by atoms with Gasteiger partial charge in [-0.1, -0.05) is 12.1 Å². The van der Waals surface area contributed by atoms with E-state index in [1.165, 1.54) is 12.1 Å². The number of hydrogen-bond donors (Lipinski definition) is 1. The van der Waals surface area contributed by atoms with Crippen molar-refractivity contribution in [2.75, 3.05) is 13.7 Å². The lowest BCUT2D eigenvalue weighted by Gasteiger charge is -2.16. The molecule has 0 unspecified atom stereocenters. The Labute approximate surface area is 181 Å². The summed E-state index contributed by atoms with van der Waals surface area (Å²) in [4.78, 5) is 12.8. The number of hydrogen-bond acceptors (Lipinski definition) is 4. The summed E-state index contributed by atoms with van der Waals surface area (Å²) in [5.74, 6) is 1.55. The van der Waals surface area contributed by atoms with Crippen molar-refractivity contribution in [1.29, 1.82) is 0 Å². The number of benzene rings is 3. The molecule has 0 bridgehead atoms. The maximum Gasteiger partial charge on any atom is 0.251 e. The summed E-state index contributed by atoms with van der Waals surface area (Å²) in [6, 6.07) is 18.3. The highest BCUT2D eigenvalue weighted by Crippen LogP contribution is 2.24. The van der Waals surface area contributed by atoms with Crippen molar-refractivity contribution in [2.45, 2.75) is 26.5 Å². The van der Waals surface area contributed by atoms with Gasteiger partial charge in [0, 0.05) is 11.1 Å². The summed E-state index contributed by atoms with van der Waals surface area (Å²) < 4.78 is 29.9. The van der Waals surface area contributed by atoms with Crippen LogP contribution in [0.25, 0.3) is 0 Å². The lowest BCUT2D eigenvalue weighted by atomic mass is 10.1. The minimum absolute atomic E-state index is 0.231. The average Bonchev–Trinajstić information content (AvgIpc) is 2.79. The van der Waals surface area contributed by atoms with E-state index in [-0.39, 0.29) is 24.4 Å². The van der Waals surface area contributed by atoms with Crippen molar-refractivity contribution in [3.63, 3.8) is 0 Å². The fraction of sp³-hybridized carbons (Fsp3) is 0.240. The molecule has 0 aliphatic rings. The van der Waals surface area contributed by atoms with Crippen LogP contribution >= 0.6 is 0 Å². The van der Waals surface area contributed by atoms with Crippen LogP contribution in [-0.4, -0.2) is 19.6 Å². The third kappa shape index (κ3) is 5.98. The lowest BCUT2D eigenvalue weighted by molar-refractivity contribution is 0.0939. The van der Waals surface area contributed by atoms with Crippen molar-refractivity contribution in [3.8, 4) is 17.2 Å². The summed E-state index contributed by atoms with van der Waals surface area (Å²) in [5.41, 5.74) is 2.08. The van der Waals surface area contributed by atoms with E-state index < -0.39 is 0 Å². The van der Waals surface area contributed by atoms with E-state index in [1.807, 2.05) is 38.1 Å². The first-order valence-electron chi connectivity index (χ1n) is 10.1. The van der Waals surface area contributed by atoms with E-state index in [9.17, 15) is 9.18 Å². The van der Waals surface area contributed by atoms with Gasteiger partial charge in [-0.25, -0.2) is 4.39 Å². The predicted molar refractivity (Wildman–Crippen MR) is 117 cm³/mol. The summed E-state index contributed by atoms with van der Waals surface area (Å²) in [6.07, 6.45) is 0. The Morgan fingerprint density at radius 3 is 2.29 bits per heavy atom. The van der Waals surface area contributed by atoms with E-state index >= 15 is 0 Å². The van der Waals surface area contributed by atoms with Crippen LogP contribution in [0, 0.1) is 5.82 Å². The van der Waals surface area contributed by atoms with E-state index in [1.54, 1.807) is 37.4 Å². The van der Waals surface area contributed by atoms with Gasteiger partial charge in [0.05, 0.1) is 19.8 Å². The van der Waals surface area contributed by atoms with Gasteiger partial charge < -0.3 is 19.5 Å². The second-order valence-electron chi connectivity index (χ2n) is 6.97. The van der Waals surface area contributed by atoms with Crippen molar-refractivity contribution in [3.05, 3.63) is 89.2 Å². The SMILES string of the molecule is CCOc1ccc(C(=O)N[C@@H](C)c2ccc(F)cc2)cc1COc1ccc(OC)cc1. The highest BCUT2D eigenvalue weighted by molar-refractivity contribution is 5.94. The molecule has 1 atom stereocenters. The Balaban J connectivity index is 1.72. The second-order valence-corrected chi connectivity index (χ2v) is 6.97. The first-order valence-corrected chi connectivity index (χ1v) is 10.1. The molecule has 162 valence electrons. The smallest absolute Gasteiger partial charge is 0.251 e. The van der Waals surface area contributed by atoms with E-state index in [4.69, 9.17) is 14.2 Å². The van der Waals surface area contributed by atoms with Crippen LogP contribution in [0.5, 0.6) is 17.2 Å². The van der Waals surface area contributed by atoms with Crippen LogP contribution in [0.15, 0.2) is 66.7 Å². The molecule has 0 aliphatic carbocycles. The summed E-state index contributed by atoms with van der Waals surface area (Å²) in [6.45, 7) is 4.51. The molecule has 3 aromatic rings. The van der Waals surface area contributed by atoms with Gasteiger partial charge in [0.15, 0.2) is 0 Å². The fourth-order valence-corrected chi connectivity index (χ4v) is 3.08. The predicted octanol–water partition coefficient (Wildman–Crippen LogP) is 5.30. The van der Waals surface area contributed by atoms with Crippen LogP contribution in [0.3, 0.4) is 0 Å². The minimum Gasteiger partial charge on any atom is -0.497 e. The Morgan fingerprint density at radius 2 is 1.65 bits per heavy atom. The number of nitrogens with one attached hydrogen (secondary N) is 1. The molecular weight excluding hydrogens is 397 g/mol. The normalized spacial score (nSPS) is 11.5. The maximum atomic E-state index is 13.1. The zero-order valence-corrected chi connectivity index (χ0v) is 17.9. The van der Waals surface area contributed by atoms with Gasteiger partial charge in [-0.15, -0.1) is 0 Å². The van der Waals surface area contributed by atoms with Gasteiger partial charge >= 0.3 is 0 Å². The second kappa shape index (κ2) is 10.5. The average molecular weight is 423 g/mol. The third-order valence-electron chi connectivity index (χ3n) is 4.79. The van der Waals surface area contributed by atoms with E-state index in [2.05, 4.69) is 5.32 Å². The molecule has 0 fully saturated rings. The van der Waals surface area contributed by atoms with Crippen molar-refractivity contribution in [1.82, 2.24) is 5.32 Å². The Morgan fingerprint density at radius 1 is 0.968 bits per heavy atom. The standard InChI is InChI=1S/C25H26FNO4/c1-4-30-24-14-7-19(25(28)27-17(2)18-5-8-21(26)9-6-18)15-20(24)16-31-23-12-10-22(29-3)11-13-23/h5-15,17H,4,16H2,1-3H3,(H,27,28)/t17-/m0/s1. The van der Waals surface area contributed by atoms with Gasteiger partial charge in [0.1, 0.15) is 29.7 Å². The number of carbonyl (C=O) groups is 1. The number of halogens is 1. The van der Waals surface area contributed by atoms with E-state index in [0.29, 0.717) is 23.7 Å². The molecule has 1 amide bonds. The molecule has 0 radical (unpaired) electrons. The number of rotatable bonds is 9. The van der Waals surface area contributed by atoms with Crippen molar-refractivity contribution >= 4 is 5.91 Å². The van der Waals surface area contributed by atoms with Crippen LogP contribution in [0.4, 0.5) is 4.39 Å². The Kier molecular flexibility index (Phi) is 7.49. The zero-order chi connectivity index (χ0) is 22.2. The fourth-order valence-electron chi connectivity index (χ4n) is 3.08. The van der Waals surface area contributed by atoms with Gasteiger partial charge in [-0.05, 0) is 74.0 Å². The maximum absolute atomic E-state index is 13.1. The molecule has 0 spiro atoms. The minimum atomic E-state index is -0.310. The molecule has 1 N–H and O–H groups in total. The molecular formula is C25H26FNO4. The zero-order valence-electron chi connectivity index (χ0n) is 17.9.